The summed E-state index contributed by atoms with van der Waals surface area (Å²) in [7, 11) is -3.48. The fourth-order valence-corrected chi connectivity index (χ4v) is 4.90. The van der Waals surface area contributed by atoms with Crippen molar-refractivity contribution in [1.82, 2.24) is 4.31 Å². The molecule has 2 saturated heterocycles. The second kappa shape index (κ2) is 5.60. The molecule has 2 heterocycles. The molecule has 0 aromatic heterocycles. The SMILES string of the molecule is Cc1ccc(S(=O)(=O)N2CCC[C@@H]2[C@H]2COC(C)(C)O2)cc1. The molecule has 2 aliphatic heterocycles. The van der Waals surface area contributed by atoms with Gasteiger partial charge in [-0.3, -0.25) is 0 Å². The smallest absolute Gasteiger partial charge is 0.243 e. The first kappa shape index (κ1) is 15.9. The first-order chi connectivity index (χ1) is 10.3. The van der Waals surface area contributed by atoms with Crippen LogP contribution in [0.4, 0.5) is 0 Å². The fourth-order valence-electron chi connectivity index (χ4n) is 3.19. The van der Waals surface area contributed by atoms with E-state index in [1.807, 2.05) is 32.9 Å². The first-order valence-electron chi connectivity index (χ1n) is 7.70. The highest BCUT2D eigenvalue weighted by Crippen LogP contribution is 2.34. The van der Waals surface area contributed by atoms with Crippen LogP contribution in [0.3, 0.4) is 0 Å². The van der Waals surface area contributed by atoms with Gasteiger partial charge in [0.05, 0.1) is 17.5 Å². The van der Waals surface area contributed by atoms with E-state index in [1.54, 1.807) is 16.4 Å². The molecular weight excluding hydrogens is 302 g/mol. The molecule has 0 unspecified atom stereocenters. The van der Waals surface area contributed by atoms with Gasteiger partial charge in [-0.1, -0.05) is 17.7 Å². The van der Waals surface area contributed by atoms with Crippen LogP contribution in [-0.4, -0.2) is 43.8 Å². The van der Waals surface area contributed by atoms with Crippen molar-refractivity contribution in [2.75, 3.05) is 13.2 Å². The van der Waals surface area contributed by atoms with E-state index < -0.39 is 15.8 Å². The Morgan fingerprint density at radius 1 is 1.23 bits per heavy atom. The van der Waals surface area contributed by atoms with E-state index in [-0.39, 0.29) is 12.1 Å². The number of aryl methyl sites for hydroxylation is 1. The van der Waals surface area contributed by atoms with Gasteiger partial charge in [-0.05, 0) is 45.7 Å². The number of hydrogen-bond acceptors (Lipinski definition) is 4. The molecule has 1 aromatic carbocycles. The van der Waals surface area contributed by atoms with E-state index in [0.717, 1.165) is 18.4 Å². The van der Waals surface area contributed by atoms with E-state index in [2.05, 4.69) is 0 Å². The lowest BCUT2D eigenvalue weighted by Gasteiger charge is -2.28. The van der Waals surface area contributed by atoms with Gasteiger partial charge >= 0.3 is 0 Å². The minimum atomic E-state index is -3.48. The van der Waals surface area contributed by atoms with Crippen molar-refractivity contribution in [2.24, 2.45) is 0 Å². The van der Waals surface area contributed by atoms with Crippen LogP contribution in [0.5, 0.6) is 0 Å². The van der Waals surface area contributed by atoms with Gasteiger partial charge in [-0.25, -0.2) is 8.42 Å². The Balaban J connectivity index is 1.85. The molecule has 122 valence electrons. The number of rotatable bonds is 3. The van der Waals surface area contributed by atoms with Gasteiger partial charge in [0.15, 0.2) is 5.79 Å². The summed E-state index contributed by atoms with van der Waals surface area (Å²) in [5.41, 5.74) is 1.05. The average Bonchev–Trinajstić information content (AvgIpc) is 3.05. The minimum absolute atomic E-state index is 0.145. The Labute approximate surface area is 132 Å². The van der Waals surface area contributed by atoms with Crippen LogP contribution < -0.4 is 0 Å². The summed E-state index contributed by atoms with van der Waals surface area (Å²) in [5, 5.41) is 0. The molecule has 0 aliphatic carbocycles. The maximum Gasteiger partial charge on any atom is 0.243 e. The summed E-state index contributed by atoms with van der Waals surface area (Å²) < 4.78 is 38.9. The second-order valence-corrected chi connectivity index (χ2v) is 8.40. The van der Waals surface area contributed by atoms with Crippen molar-refractivity contribution in [1.29, 1.82) is 0 Å². The minimum Gasteiger partial charge on any atom is -0.348 e. The van der Waals surface area contributed by atoms with Crippen molar-refractivity contribution in [3.05, 3.63) is 29.8 Å². The summed E-state index contributed by atoms with van der Waals surface area (Å²) in [6.07, 6.45) is 1.48. The predicted molar refractivity (Wildman–Crippen MR) is 83.0 cm³/mol. The first-order valence-corrected chi connectivity index (χ1v) is 9.14. The lowest BCUT2D eigenvalue weighted by Crippen LogP contribution is -2.44. The summed E-state index contributed by atoms with van der Waals surface area (Å²) in [6, 6.07) is 6.87. The van der Waals surface area contributed by atoms with Crippen LogP contribution in [0.25, 0.3) is 0 Å². The highest BCUT2D eigenvalue weighted by atomic mass is 32.2. The topological polar surface area (TPSA) is 55.8 Å². The summed E-state index contributed by atoms with van der Waals surface area (Å²) in [5.74, 6) is -0.632. The normalized spacial score (nSPS) is 29.0. The Hall–Kier alpha value is -0.950. The lowest BCUT2D eigenvalue weighted by atomic mass is 10.1. The fraction of sp³-hybridized carbons (Fsp3) is 0.625. The Morgan fingerprint density at radius 3 is 2.50 bits per heavy atom. The summed E-state index contributed by atoms with van der Waals surface area (Å²) in [4.78, 5) is 0.350. The van der Waals surface area contributed by atoms with Crippen LogP contribution in [-0.2, 0) is 19.5 Å². The van der Waals surface area contributed by atoms with Crippen LogP contribution in [0, 0.1) is 6.92 Å². The van der Waals surface area contributed by atoms with Crippen LogP contribution in [0.15, 0.2) is 29.2 Å². The molecule has 0 saturated carbocycles. The van der Waals surface area contributed by atoms with E-state index >= 15 is 0 Å². The molecule has 0 N–H and O–H groups in total. The molecule has 1 aromatic rings. The number of hydrogen-bond donors (Lipinski definition) is 0. The van der Waals surface area contributed by atoms with E-state index in [0.29, 0.717) is 18.0 Å². The maximum absolute atomic E-state index is 12.9. The van der Waals surface area contributed by atoms with Crippen LogP contribution in [0.2, 0.25) is 0 Å². The maximum atomic E-state index is 12.9. The van der Waals surface area contributed by atoms with Gasteiger partial charge in [0.25, 0.3) is 0 Å². The molecule has 2 aliphatic rings. The molecule has 3 rings (SSSR count). The molecule has 5 nitrogen and oxygen atoms in total. The molecule has 0 radical (unpaired) electrons. The number of nitrogens with zero attached hydrogens (tertiary/aromatic N) is 1. The number of ether oxygens (including phenoxy) is 2. The average molecular weight is 325 g/mol. The largest absolute Gasteiger partial charge is 0.348 e. The molecule has 0 amide bonds. The van der Waals surface area contributed by atoms with Crippen molar-refractivity contribution in [2.45, 2.75) is 56.4 Å². The number of sulfonamides is 1. The van der Waals surface area contributed by atoms with E-state index in [1.165, 1.54) is 0 Å². The monoisotopic (exact) mass is 325 g/mol. The predicted octanol–water partition coefficient (Wildman–Crippen LogP) is 2.30. The van der Waals surface area contributed by atoms with Crippen molar-refractivity contribution >= 4 is 10.0 Å². The van der Waals surface area contributed by atoms with Gasteiger partial charge in [0, 0.05) is 6.54 Å². The Kier molecular flexibility index (Phi) is 4.05. The van der Waals surface area contributed by atoms with Crippen molar-refractivity contribution < 1.29 is 17.9 Å². The zero-order chi connectivity index (χ0) is 16.0. The lowest BCUT2D eigenvalue weighted by molar-refractivity contribution is -0.143. The third kappa shape index (κ3) is 2.93. The van der Waals surface area contributed by atoms with E-state index in [4.69, 9.17) is 9.47 Å². The van der Waals surface area contributed by atoms with Crippen molar-refractivity contribution in [3.8, 4) is 0 Å². The van der Waals surface area contributed by atoms with Crippen LogP contribution in [0.1, 0.15) is 32.3 Å². The molecular formula is C16H23NO4S. The Bertz CT molecular complexity index is 639. The van der Waals surface area contributed by atoms with Crippen molar-refractivity contribution in [3.63, 3.8) is 0 Å². The Morgan fingerprint density at radius 2 is 1.91 bits per heavy atom. The van der Waals surface area contributed by atoms with Gasteiger partial charge in [0.1, 0.15) is 6.10 Å². The molecule has 2 atom stereocenters. The summed E-state index contributed by atoms with van der Waals surface area (Å²) >= 11 is 0. The summed E-state index contributed by atoms with van der Waals surface area (Å²) in [6.45, 7) is 6.65. The van der Waals surface area contributed by atoms with Gasteiger partial charge in [-0.2, -0.15) is 4.31 Å². The van der Waals surface area contributed by atoms with Gasteiger partial charge < -0.3 is 9.47 Å². The molecule has 0 spiro atoms. The molecule has 0 bridgehead atoms. The third-order valence-electron chi connectivity index (χ3n) is 4.34. The quantitative estimate of drug-likeness (QED) is 0.856. The second-order valence-electron chi connectivity index (χ2n) is 6.51. The van der Waals surface area contributed by atoms with Crippen LogP contribution >= 0.6 is 0 Å². The standard InChI is InChI=1S/C16H23NO4S/c1-12-6-8-13(9-7-12)22(18,19)17-10-4-5-14(17)15-11-20-16(2,3)21-15/h6-9,14-15H,4-5,10-11H2,1-3H3/t14-,15-/m1/s1. The van der Waals surface area contributed by atoms with Gasteiger partial charge in [-0.15, -0.1) is 0 Å². The zero-order valence-electron chi connectivity index (χ0n) is 13.3. The van der Waals surface area contributed by atoms with Gasteiger partial charge in [0.2, 0.25) is 10.0 Å². The molecule has 2 fully saturated rings. The number of benzene rings is 1. The molecule has 6 heteroatoms. The highest BCUT2D eigenvalue weighted by Gasteiger charge is 2.45. The van der Waals surface area contributed by atoms with E-state index in [9.17, 15) is 8.42 Å². The zero-order valence-corrected chi connectivity index (χ0v) is 14.1. The highest BCUT2D eigenvalue weighted by molar-refractivity contribution is 7.89. The molecule has 22 heavy (non-hydrogen) atoms. The third-order valence-corrected chi connectivity index (χ3v) is 6.27.